The van der Waals surface area contributed by atoms with Crippen LogP contribution in [0.2, 0.25) is 5.02 Å². The van der Waals surface area contributed by atoms with Crippen LogP contribution in [0.15, 0.2) is 36.7 Å². The van der Waals surface area contributed by atoms with E-state index in [1.807, 2.05) is 0 Å². The van der Waals surface area contributed by atoms with E-state index in [0.717, 1.165) is 0 Å². The molecule has 0 saturated carbocycles. The highest BCUT2D eigenvalue weighted by Crippen LogP contribution is 2.30. The van der Waals surface area contributed by atoms with Gasteiger partial charge >= 0.3 is 6.61 Å². The number of rotatable bonds is 9. The largest absolute Gasteiger partial charge is 0.496 e. The molecule has 0 bridgehead atoms. The van der Waals surface area contributed by atoms with Crippen LogP contribution in [-0.4, -0.2) is 53.5 Å². The lowest BCUT2D eigenvalue weighted by molar-refractivity contribution is -0.0512. The minimum absolute atomic E-state index is 0.0760. The standard InChI is InChI=1S/C19H18ClF2N5O4/c1-29-15-4-3-11(7-17(15)31-19(21)22)5-6-23-18(28)12-8-13(20)14(9-16(12)30-2)27-10-24-25-26-27/h3-4,7-10,19H,5-6H2,1-2H3,(H,23,28). The van der Waals surface area contributed by atoms with Gasteiger partial charge in [0.1, 0.15) is 12.1 Å². The van der Waals surface area contributed by atoms with E-state index in [1.54, 1.807) is 12.1 Å². The number of hydrogen-bond donors (Lipinski definition) is 1. The molecule has 0 saturated heterocycles. The number of nitrogens with one attached hydrogen (secondary N) is 1. The third-order valence-corrected chi connectivity index (χ3v) is 4.56. The highest BCUT2D eigenvalue weighted by Gasteiger charge is 2.17. The van der Waals surface area contributed by atoms with Crippen molar-refractivity contribution in [1.29, 1.82) is 0 Å². The maximum absolute atomic E-state index is 12.6. The summed E-state index contributed by atoms with van der Waals surface area (Å²) in [6.07, 6.45) is 1.73. The molecular formula is C19H18ClF2N5O4. The maximum atomic E-state index is 12.6. The molecule has 3 aromatic rings. The first-order valence-electron chi connectivity index (χ1n) is 8.93. The molecule has 0 atom stereocenters. The second kappa shape index (κ2) is 10.0. The molecule has 0 aliphatic rings. The van der Waals surface area contributed by atoms with Crippen molar-refractivity contribution in [3.05, 3.63) is 52.8 Å². The number of carbonyl (C=O) groups is 1. The number of methoxy groups -OCH3 is 2. The van der Waals surface area contributed by atoms with E-state index in [1.165, 1.54) is 43.4 Å². The Morgan fingerprint density at radius 1 is 1.16 bits per heavy atom. The van der Waals surface area contributed by atoms with Crippen LogP contribution >= 0.6 is 11.6 Å². The summed E-state index contributed by atoms with van der Waals surface area (Å²) in [5.41, 5.74) is 1.35. The van der Waals surface area contributed by atoms with E-state index in [9.17, 15) is 13.6 Å². The first-order chi connectivity index (χ1) is 14.9. The van der Waals surface area contributed by atoms with Crippen molar-refractivity contribution in [2.45, 2.75) is 13.0 Å². The number of nitrogens with zero attached hydrogens (tertiary/aromatic N) is 4. The van der Waals surface area contributed by atoms with Crippen molar-refractivity contribution in [3.8, 4) is 22.9 Å². The monoisotopic (exact) mass is 453 g/mol. The summed E-state index contributed by atoms with van der Waals surface area (Å²) in [5, 5.41) is 13.9. The summed E-state index contributed by atoms with van der Waals surface area (Å²) in [7, 11) is 2.78. The summed E-state index contributed by atoms with van der Waals surface area (Å²) >= 11 is 6.27. The molecule has 2 aromatic carbocycles. The number of alkyl halides is 2. The summed E-state index contributed by atoms with van der Waals surface area (Å²) in [5.74, 6) is -0.0212. The second-order valence-electron chi connectivity index (χ2n) is 6.13. The molecule has 0 aliphatic carbocycles. The molecule has 0 unspecified atom stereocenters. The fourth-order valence-electron chi connectivity index (χ4n) is 2.82. The number of amides is 1. The Hall–Kier alpha value is -3.47. The van der Waals surface area contributed by atoms with Crippen molar-refractivity contribution < 1.29 is 27.8 Å². The number of tetrazole rings is 1. The molecule has 0 aliphatic heterocycles. The number of benzene rings is 2. The predicted molar refractivity (Wildman–Crippen MR) is 106 cm³/mol. The van der Waals surface area contributed by atoms with Crippen LogP contribution in [0, 0.1) is 0 Å². The molecule has 0 spiro atoms. The molecule has 12 heteroatoms. The second-order valence-corrected chi connectivity index (χ2v) is 6.54. The van der Waals surface area contributed by atoms with Gasteiger partial charge in [-0.05, 0) is 40.6 Å². The van der Waals surface area contributed by atoms with Gasteiger partial charge in [-0.2, -0.15) is 13.5 Å². The van der Waals surface area contributed by atoms with Crippen LogP contribution in [-0.2, 0) is 6.42 Å². The molecule has 164 valence electrons. The molecule has 1 amide bonds. The Bertz CT molecular complexity index is 1050. The van der Waals surface area contributed by atoms with Crippen molar-refractivity contribution in [2.24, 2.45) is 0 Å². The average molecular weight is 454 g/mol. The topological polar surface area (TPSA) is 100 Å². The van der Waals surface area contributed by atoms with E-state index in [0.29, 0.717) is 17.7 Å². The maximum Gasteiger partial charge on any atom is 0.387 e. The van der Waals surface area contributed by atoms with E-state index in [2.05, 4.69) is 25.6 Å². The summed E-state index contributed by atoms with van der Waals surface area (Å²) in [4.78, 5) is 12.6. The molecule has 9 nitrogen and oxygen atoms in total. The van der Waals surface area contributed by atoms with Crippen LogP contribution in [0.25, 0.3) is 5.69 Å². The van der Waals surface area contributed by atoms with E-state index < -0.39 is 12.5 Å². The first kappa shape index (κ1) is 22.2. The fraction of sp³-hybridized carbons (Fsp3) is 0.263. The van der Waals surface area contributed by atoms with Crippen molar-refractivity contribution in [1.82, 2.24) is 25.5 Å². The molecule has 31 heavy (non-hydrogen) atoms. The van der Waals surface area contributed by atoms with Gasteiger partial charge in [-0.1, -0.05) is 17.7 Å². The Morgan fingerprint density at radius 3 is 2.58 bits per heavy atom. The third kappa shape index (κ3) is 5.37. The first-order valence-corrected chi connectivity index (χ1v) is 9.31. The van der Waals surface area contributed by atoms with Gasteiger partial charge in [-0.3, -0.25) is 4.79 Å². The molecule has 3 rings (SSSR count). The third-order valence-electron chi connectivity index (χ3n) is 4.25. The molecule has 1 aromatic heterocycles. The summed E-state index contributed by atoms with van der Waals surface area (Å²) in [6.45, 7) is -2.74. The van der Waals surface area contributed by atoms with E-state index in [4.69, 9.17) is 21.1 Å². The zero-order valence-corrected chi connectivity index (χ0v) is 17.3. The SMILES string of the molecule is COc1ccc(CCNC(=O)c2cc(Cl)c(-n3cnnn3)cc2OC)cc1OC(F)F. The van der Waals surface area contributed by atoms with Gasteiger partial charge < -0.3 is 19.5 Å². The lowest BCUT2D eigenvalue weighted by Gasteiger charge is -2.13. The summed E-state index contributed by atoms with van der Waals surface area (Å²) < 4.78 is 41.2. The minimum Gasteiger partial charge on any atom is -0.496 e. The fourth-order valence-corrected chi connectivity index (χ4v) is 3.07. The number of aromatic nitrogens is 4. The Kier molecular flexibility index (Phi) is 7.19. The van der Waals surface area contributed by atoms with Crippen LogP contribution in [0.5, 0.6) is 17.2 Å². The van der Waals surface area contributed by atoms with Gasteiger partial charge in [0.05, 0.1) is 30.5 Å². The van der Waals surface area contributed by atoms with E-state index >= 15 is 0 Å². The smallest absolute Gasteiger partial charge is 0.387 e. The zero-order valence-electron chi connectivity index (χ0n) is 16.5. The molecule has 0 radical (unpaired) electrons. The van der Waals surface area contributed by atoms with E-state index in [-0.39, 0.29) is 34.4 Å². The highest BCUT2D eigenvalue weighted by molar-refractivity contribution is 6.33. The molecule has 1 heterocycles. The lowest BCUT2D eigenvalue weighted by atomic mass is 10.1. The predicted octanol–water partition coefficient (Wildman–Crippen LogP) is 2.91. The van der Waals surface area contributed by atoms with Gasteiger partial charge in [0.15, 0.2) is 11.5 Å². The van der Waals surface area contributed by atoms with Gasteiger partial charge in [0, 0.05) is 12.6 Å². The highest BCUT2D eigenvalue weighted by atomic mass is 35.5. The number of ether oxygens (including phenoxy) is 3. The van der Waals surface area contributed by atoms with Crippen molar-refractivity contribution >= 4 is 17.5 Å². The Labute approximate surface area is 180 Å². The van der Waals surface area contributed by atoms with Crippen molar-refractivity contribution in [2.75, 3.05) is 20.8 Å². The normalized spacial score (nSPS) is 10.8. The minimum atomic E-state index is -2.97. The molecule has 1 N–H and O–H groups in total. The number of carbonyl (C=O) groups excluding carboxylic acids is 1. The van der Waals surface area contributed by atoms with Crippen LogP contribution in [0.1, 0.15) is 15.9 Å². The van der Waals surface area contributed by atoms with Crippen LogP contribution in [0.3, 0.4) is 0 Å². The van der Waals surface area contributed by atoms with Gasteiger partial charge in [0.25, 0.3) is 5.91 Å². The average Bonchev–Trinajstić information content (AvgIpc) is 3.28. The van der Waals surface area contributed by atoms with Crippen LogP contribution in [0.4, 0.5) is 8.78 Å². The van der Waals surface area contributed by atoms with Crippen molar-refractivity contribution in [3.63, 3.8) is 0 Å². The Balaban J connectivity index is 1.69. The lowest BCUT2D eigenvalue weighted by Crippen LogP contribution is -2.26. The zero-order chi connectivity index (χ0) is 22.4. The molecule has 0 fully saturated rings. The molecular weight excluding hydrogens is 436 g/mol. The number of halogens is 3. The van der Waals surface area contributed by atoms with Gasteiger partial charge in [0.2, 0.25) is 0 Å². The number of hydrogen-bond acceptors (Lipinski definition) is 7. The van der Waals surface area contributed by atoms with Gasteiger partial charge in [-0.15, -0.1) is 5.10 Å². The van der Waals surface area contributed by atoms with Crippen LogP contribution < -0.4 is 19.5 Å². The quantitative estimate of drug-likeness (QED) is 0.531. The van der Waals surface area contributed by atoms with Gasteiger partial charge in [-0.25, -0.2) is 0 Å². The Morgan fingerprint density at radius 2 is 1.94 bits per heavy atom. The summed E-state index contributed by atoms with van der Waals surface area (Å²) in [6, 6.07) is 7.66.